The Morgan fingerprint density at radius 3 is 2.48 bits per heavy atom. The van der Waals surface area contributed by atoms with E-state index >= 15 is 0 Å². The molecule has 0 bridgehead atoms. The second-order valence-electron chi connectivity index (χ2n) is 5.12. The second-order valence-corrected chi connectivity index (χ2v) is 7.39. The Kier molecular flexibility index (Phi) is 5.57. The fourth-order valence-corrected chi connectivity index (χ4v) is 3.83. The number of benzene rings is 2. The summed E-state index contributed by atoms with van der Waals surface area (Å²) in [4.78, 5) is 20.8. The summed E-state index contributed by atoms with van der Waals surface area (Å²) in [5.41, 5.74) is 0.127. The molecule has 0 atom stereocenters. The Morgan fingerprint density at radius 2 is 1.81 bits per heavy atom. The molecule has 27 heavy (non-hydrogen) atoms. The highest BCUT2D eigenvalue weighted by Crippen LogP contribution is 2.38. The summed E-state index contributed by atoms with van der Waals surface area (Å²) < 4.78 is 13.3. The lowest BCUT2D eigenvalue weighted by atomic mass is 10.2. The zero-order chi connectivity index (χ0) is 19.4. The van der Waals surface area contributed by atoms with Crippen LogP contribution in [0, 0.1) is 26.0 Å². The van der Waals surface area contributed by atoms with Crippen molar-refractivity contribution in [2.75, 3.05) is 5.32 Å². The molecule has 0 saturated carbocycles. The first-order chi connectivity index (χ1) is 12.9. The van der Waals surface area contributed by atoms with Gasteiger partial charge in [-0.15, -0.1) is 10.2 Å². The van der Waals surface area contributed by atoms with Crippen molar-refractivity contribution in [2.45, 2.75) is 15.8 Å². The predicted molar refractivity (Wildman–Crippen MR) is 97.5 cm³/mol. The van der Waals surface area contributed by atoms with Crippen molar-refractivity contribution >= 4 is 39.6 Å². The SMILES string of the molecule is O=[N+]([O-])c1ccc(Sc2nnc(NCc3ccc(F)cc3)s2)c([N+](=O)[O-])c1. The van der Waals surface area contributed by atoms with Gasteiger partial charge in [-0.25, -0.2) is 4.39 Å². The number of nitrogens with zero attached hydrogens (tertiary/aromatic N) is 4. The minimum atomic E-state index is -0.691. The Labute approximate surface area is 159 Å². The maximum atomic E-state index is 12.9. The third-order valence-electron chi connectivity index (χ3n) is 3.31. The number of nitro benzene ring substituents is 2. The van der Waals surface area contributed by atoms with Crippen LogP contribution < -0.4 is 5.32 Å². The highest BCUT2D eigenvalue weighted by atomic mass is 32.2. The molecule has 0 fully saturated rings. The maximum Gasteiger partial charge on any atom is 0.290 e. The molecule has 2 aromatic carbocycles. The van der Waals surface area contributed by atoms with E-state index in [1.54, 1.807) is 12.1 Å². The molecule has 0 amide bonds. The Hall–Kier alpha value is -3.12. The van der Waals surface area contributed by atoms with Crippen molar-refractivity contribution < 1.29 is 14.2 Å². The number of hydrogen-bond donors (Lipinski definition) is 1. The van der Waals surface area contributed by atoms with Gasteiger partial charge in [-0.3, -0.25) is 20.2 Å². The lowest BCUT2D eigenvalue weighted by molar-refractivity contribution is -0.396. The van der Waals surface area contributed by atoms with Gasteiger partial charge < -0.3 is 5.32 Å². The van der Waals surface area contributed by atoms with Crippen LogP contribution in [0.4, 0.5) is 20.9 Å². The normalized spacial score (nSPS) is 10.6. The Balaban J connectivity index is 1.71. The van der Waals surface area contributed by atoms with Gasteiger partial charge in [0.2, 0.25) is 5.13 Å². The molecular weight excluding hydrogens is 397 g/mol. The van der Waals surface area contributed by atoms with Crippen LogP contribution in [0.1, 0.15) is 5.56 Å². The highest BCUT2D eigenvalue weighted by Gasteiger charge is 2.21. The molecule has 3 aromatic rings. The molecule has 3 rings (SSSR count). The van der Waals surface area contributed by atoms with Crippen LogP contribution in [-0.2, 0) is 6.54 Å². The third kappa shape index (κ3) is 4.74. The summed E-state index contributed by atoms with van der Waals surface area (Å²) in [6, 6.07) is 9.41. The third-order valence-corrected chi connectivity index (χ3v) is 5.31. The lowest BCUT2D eigenvalue weighted by Crippen LogP contribution is -1.98. The summed E-state index contributed by atoms with van der Waals surface area (Å²) >= 11 is 2.18. The molecule has 9 nitrogen and oxygen atoms in total. The number of hydrogen-bond acceptors (Lipinski definition) is 9. The summed E-state index contributed by atoms with van der Waals surface area (Å²) in [6.07, 6.45) is 0. The van der Waals surface area contributed by atoms with E-state index < -0.39 is 9.85 Å². The van der Waals surface area contributed by atoms with Crippen molar-refractivity contribution in [2.24, 2.45) is 0 Å². The van der Waals surface area contributed by atoms with E-state index in [-0.39, 0.29) is 22.1 Å². The van der Waals surface area contributed by atoms with Crippen LogP contribution in [0.15, 0.2) is 51.7 Å². The zero-order valence-electron chi connectivity index (χ0n) is 13.4. The van der Waals surface area contributed by atoms with Crippen molar-refractivity contribution in [1.82, 2.24) is 10.2 Å². The molecule has 0 aliphatic carbocycles. The van der Waals surface area contributed by atoms with Gasteiger partial charge in [0, 0.05) is 12.6 Å². The summed E-state index contributed by atoms with van der Waals surface area (Å²) in [5.74, 6) is -0.321. The van der Waals surface area contributed by atoms with Gasteiger partial charge in [0.25, 0.3) is 11.4 Å². The first kappa shape index (κ1) is 18.7. The molecule has 0 aliphatic heterocycles. The van der Waals surface area contributed by atoms with Gasteiger partial charge in [0.1, 0.15) is 5.82 Å². The standard InChI is InChI=1S/C15H10FN5O4S2/c16-10-3-1-9(2-4-10)8-17-14-18-19-15(27-14)26-13-6-5-11(20(22)23)7-12(13)21(24)25/h1-7H,8H2,(H,17,18). The first-order valence-electron chi connectivity index (χ1n) is 7.35. The van der Waals surface area contributed by atoms with Crippen LogP contribution in [0.5, 0.6) is 0 Å². The van der Waals surface area contributed by atoms with Crippen LogP contribution in [0.3, 0.4) is 0 Å². The Bertz CT molecular complexity index is 996. The lowest BCUT2D eigenvalue weighted by Gasteiger charge is -2.01. The van der Waals surface area contributed by atoms with E-state index in [0.717, 1.165) is 23.4 Å². The van der Waals surface area contributed by atoms with Crippen molar-refractivity contribution in [3.63, 3.8) is 0 Å². The first-order valence-corrected chi connectivity index (χ1v) is 8.98. The Morgan fingerprint density at radius 1 is 1.07 bits per heavy atom. The van der Waals surface area contributed by atoms with E-state index in [2.05, 4.69) is 15.5 Å². The van der Waals surface area contributed by atoms with Gasteiger partial charge in [0.05, 0.1) is 20.8 Å². The van der Waals surface area contributed by atoms with Crippen LogP contribution in [-0.4, -0.2) is 20.0 Å². The molecule has 1 heterocycles. The molecule has 0 saturated heterocycles. The van der Waals surface area contributed by atoms with Crippen LogP contribution in [0.2, 0.25) is 0 Å². The van der Waals surface area contributed by atoms with Gasteiger partial charge in [0.15, 0.2) is 4.34 Å². The topological polar surface area (TPSA) is 124 Å². The molecule has 1 aromatic heterocycles. The molecule has 1 N–H and O–H groups in total. The van der Waals surface area contributed by atoms with Crippen molar-refractivity contribution in [1.29, 1.82) is 0 Å². The average Bonchev–Trinajstić information content (AvgIpc) is 3.08. The van der Waals surface area contributed by atoms with E-state index in [1.807, 2.05) is 0 Å². The summed E-state index contributed by atoms with van der Waals surface area (Å²) in [6.45, 7) is 0.414. The number of halogens is 1. The summed E-state index contributed by atoms with van der Waals surface area (Å²) in [7, 11) is 0. The highest BCUT2D eigenvalue weighted by molar-refractivity contribution is 8.01. The summed E-state index contributed by atoms with van der Waals surface area (Å²) in [5, 5.41) is 33.4. The maximum absolute atomic E-state index is 12.9. The number of anilines is 1. The second kappa shape index (κ2) is 8.05. The minimum absolute atomic E-state index is 0.229. The number of rotatable bonds is 7. The zero-order valence-corrected chi connectivity index (χ0v) is 15.0. The van der Waals surface area contributed by atoms with E-state index in [1.165, 1.54) is 35.6 Å². The van der Waals surface area contributed by atoms with Gasteiger partial charge >= 0.3 is 0 Å². The number of non-ortho nitro benzene ring substituents is 1. The average molecular weight is 407 g/mol. The van der Waals surface area contributed by atoms with Gasteiger partial charge in [-0.1, -0.05) is 23.5 Å². The van der Waals surface area contributed by atoms with E-state index in [4.69, 9.17) is 0 Å². The minimum Gasteiger partial charge on any atom is -0.356 e. The quantitative estimate of drug-likeness (QED) is 0.455. The van der Waals surface area contributed by atoms with Crippen LogP contribution >= 0.6 is 23.1 Å². The van der Waals surface area contributed by atoms with Crippen molar-refractivity contribution in [3.05, 3.63) is 74.1 Å². The van der Waals surface area contributed by atoms with E-state index in [0.29, 0.717) is 16.0 Å². The molecule has 0 unspecified atom stereocenters. The van der Waals surface area contributed by atoms with Crippen LogP contribution in [0.25, 0.3) is 0 Å². The fourth-order valence-electron chi connectivity index (χ4n) is 2.04. The van der Waals surface area contributed by atoms with E-state index in [9.17, 15) is 24.6 Å². The number of nitro groups is 2. The number of nitrogens with one attached hydrogen (secondary N) is 1. The molecule has 12 heteroatoms. The predicted octanol–water partition coefficient (Wildman–Crippen LogP) is 4.26. The fraction of sp³-hybridized carbons (Fsp3) is 0.0667. The van der Waals surface area contributed by atoms with Gasteiger partial charge in [-0.2, -0.15) is 0 Å². The van der Waals surface area contributed by atoms with Gasteiger partial charge in [-0.05, 0) is 35.5 Å². The smallest absolute Gasteiger partial charge is 0.290 e. The molecule has 0 radical (unpaired) electrons. The molecule has 0 aliphatic rings. The molecule has 138 valence electrons. The largest absolute Gasteiger partial charge is 0.356 e. The van der Waals surface area contributed by atoms with Crippen molar-refractivity contribution in [3.8, 4) is 0 Å². The molecular formula is C15H10FN5O4S2. The molecule has 0 spiro atoms. The monoisotopic (exact) mass is 407 g/mol. The number of aromatic nitrogens is 2.